The highest BCUT2D eigenvalue weighted by molar-refractivity contribution is 7.71. The van der Waals surface area contributed by atoms with Crippen molar-refractivity contribution in [3.8, 4) is 0 Å². The van der Waals surface area contributed by atoms with Crippen molar-refractivity contribution in [2.45, 2.75) is 38.3 Å². The molecule has 5 nitrogen and oxygen atoms in total. The SMILES string of the molecule is CC(C)(CO)Nc1cc(=S)nc(C2CCCO2)[nH]1. The van der Waals surface area contributed by atoms with Crippen molar-refractivity contribution in [3.63, 3.8) is 0 Å². The third kappa shape index (κ3) is 3.28. The van der Waals surface area contributed by atoms with Crippen molar-refractivity contribution in [2.24, 2.45) is 0 Å². The zero-order chi connectivity index (χ0) is 13.2. The highest BCUT2D eigenvalue weighted by atomic mass is 32.1. The summed E-state index contributed by atoms with van der Waals surface area (Å²) in [6.07, 6.45) is 2.02. The molecule has 0 spiro atoms. The van der Waals surface area contributed by atoms with Gasteiger partial charge in [-0.3, -0.25) is 0 Å². The third-order valence-electron chi connectivity index (χ3n) is 2.86. The van der Waals surface area contributed by atoms with E-state index in [0.29, 0.717) is 4.64 Å². The van der Waals surface area contributed by atoms with Crippen LogP contribution < -0.4 is 5.32 Å². The molecule has 1 saturated heterocycles. The Morgan fingerprint density at radius 3 is 3.06 bits per heavy atom. The van der Waals surface area contributed by atoms with E-state index in [2.05, 4.69) is 15.3 Å². The number of rotatable bonds is 4. The molecule has 0 aromatic carbocycles. The molecule has 0 radical (unpaired) electrons. The first kappa shape index (κ1) is 13.5. The van der Waals surface area contributed by atoms with Gasteiger partial charge in [0, 0.05) is 12.7 Å². The Kier molecular flexibility index (Phi) is 3.99. The quantitative estimate of drug-likeness (QED) is 0.731. The molecule has 0 amide bonds. The van der Waals surface area contributed by atoms with Gasteiger partial charge in [0.05, 0.1) is 12.1 Å². The van der Waals surface area contributed by atoms with Gasteiger partial charge in [-0.15, -0.1) is 0 Å². The van der Waals surface area contributed by atoms with E-state index in [1.807, 2.05) is 13.8 Å². The lowest BCUT2D eigenvalue weighted by atomic mass is 10.1. The third-order valence-corrected chi connectivity index (χ3v) is 3.07. The van der Waals surface area contributed by atoms with Crippen LogP contribution in [0.1, 0.15) is 38.6 Å². The Bertz CT molecular complexity index is 467. The first-order valence-corrected chi connectivity index (χ1v) is 6.53. The minimum atomic E-state index is -0.409. The largest absolute Gasteiger partial charge is 0.394 e. The number of H-pyrrole nitrogens is 1. The van der Waals surface area contributed by atoms with Gasteiger partial charge in [0.2, 0.25) is 0 Å². The minimum absolute atomic E-state index is 0.00527. The normalized spacial score (nSPS) is 20.1. The van der Waals surface area contributed by atoms with Gasteiger partial charge in [0.25, 0.3) is 0 Å². The van der Waals surface area contributed by atoms with Crippen molar-refractivity contribution in [1.82, 2.24) is 9.97 Å². The van der Waals surface area contributed by atoms with Gasteiger partial charge in [0.15, 0.2) is 0 Å². The molecule has 0 bridgehead atoms. The Balaban J connectivity index is 2.23. The molecule has 0 aliphatic carbocycles. The van der Waals surface area contributed by atoms with Gasteiger partial charge in [-0.05, 0) is 26.7 Å². The zero-order valence-corrected chi connectivity index (χ0v) is 11.5. The van der Waals surface area contributed by atoms with Crippen LogP contribution in [-0.2, 0) is 4.74 Å². The van der Waals surface area contributed by atoms with Crippen molar-refractivity contribution < 1.29 is 9.84 Å². The van der Waals surface area contributed by atoms with Crippen LogP contribution in [0.2, 0.25) is 0 Å². The van der Waals surface area contributed by atoms with Gasteiger partial charge in [-0.1, -0.05) is 12.2 Å². The smallest absolute Gasteiger partial charge is 0.138 e. The summed E-state index contributed by atoms with van der Waals surface area (Å²) in [5.41, 5.74) is -0.409. The van der Waals surface area contributed by atoms with Gasteiger partial charge >= 0.3 is 0 Å². The minimum Gasteiger partial charge on any atom is -0.394 e. The van der Waals surface area contributed by atoms with E-state index in [4.69, 9.17) is 17.0 Å². The van der Waals surface area contributed by atoms with Gasteiger partial charge in [0.1, 0.15) is 22.4 Å². The maximum atomic E-state index is 9.26. The molecule has 6 heteroatoms. The van der Waals surface area contributed by atoms with E-state index in [9.17, 15) is 5.11 Å². The standard InChI is InChI=1S/C12H19N3O2S/c1-12(2,7-16)15-9-6-10(18)14-11(13-9)8-4-3-5-17-8/h6,8,16H,3-5,7H2,1-2H3,(H2,13,14,15,18). The molecule has 100 valence electrons. The average molecular weight is 269 g/mol. The van der Waals surface area contributed by atoms with Crippen molar-refractivity contribution in [3.05, 3.63) is 16.5 Å². The number of anilines is 1. The van der Waals surface area contributed by atoms with Crippen LogP contribution in [0.3, 0.4) is 0 Å². The van der Waals surface area contributed by atoms with Crippen LogP contribution in [0.15, 0.2) is 6.07 Å². The topological polar surface area (TPSA) is 70.2 Å². The zero-order valence-electron chi connectivity index (χ0n) is 10.7. The van der Waals surface area contributed by atoms with Crippen molar-refractivity contribution in [2.75, 3.05) is 18.5 Å². The van der Waals surface area contributed by atoms with Crippen LogP contribution in [0.25, 0.3) is 0 Å². The first-order chi connectivity index (χ1) is 8.50. The number of ether oxygens (including phenoxy) is 1. The Morgan fingerprint density at radius 2 is 2.44 bits per heavy atom. The number of aliphatic hydroxyl groups is 1. The molecule has 18 heavy (non-hydrogen) atoms. The number of aliphatic hydroxyl groups excluding tert-OH is 1. The van der Waals surface area contributed by atoms with E-state index in [-0.39, 0.29) is 12.7 Å². The molecule has 1 aromatic rings. The number of aromatic nitrogens is 2. The molecule has 1 atom stereocenters. The van der Waals surface area contributed by atoms with Gasteiger partial charge in [-0.2, -0.15) is 0 Å². The summed E-state index contributed by atoms with van der Waals surface area (Å²) < 4.78 is 6.11. The Hall–Kier alpha value is -0.980. The summed E-state index contributed by atoms with van der Waals surface area (Å²) in [6, 6.07) is 1.76. The summed E-state index contributed by atoms with van der Waals surface area (Å²) in [4.78, 5) is 7.50. The number of nitrogens with zero attached hydrogens (tertiary/aromatic N) is 1. The highest BCUT2D eigenvalue weighted by Gasteiger charge is 2.21. The lowest BCUT2D eigenvalue weighted by molar-refractivity contribution is 0.105. The molecule has 2 rings (SSSR count). The number of hydrogen-bond acceptors (Lipinski definition) is 5. The summed E-state index contributed by atoms with van der Waals surface area (Å²) in [5, 5.41) is 12.5. The lowest BCUT2D eigenvalue weighted by Gasteiger charge is -2.25. The molecule has 0 saturated carbocycles. The summed E-state index contributed by atoms with van der Waals surface area (Å²) in [7, 11) is 0. The van der Waals surface area contributed by atoms with E-state index in [1.165, 1.54) is 0 Å². The van der Waals surface area contributed by atoms with Crippen molar-refractivity contribution in [1.29, 1.82) is 0 Å². The molecule has 1 aliphatic heterocycles. The predicted octanol–water partition coefficient (Wildman–Crippen LogP) is 2.17. The molecule has 1 unspecified atom stereocenters. The van der Waals surface area contributed by atoms with Gasteiger partial charge in [-0.25, -0.2) is 4.98 Å². The van der Waals surface area contributed by atoms with Crippen LogP contribution in [-0.4, -0.2) is 33.8 Å². The molecular weight excluding hydrogens is 250 g/mol. The second kappa shape index (κ2) is 5.34. The van der Waals surface area contributed by atoms with E-state index in [0.717, 1.165) is 31.1 Å². The monoisotopic (exact) mass is 269 g/mol. The molecule has 1 aliphatic rings. The fourth-order valence-electron chi connectivity index (χ4n) is 1.89. The second-order valence-electron chi connectivity index (χ2n) is 5.19. The molecule has 3 N–H and O–H groups in total. The summed E-state index contributed by atoms with van der Waals surface area (Å²) in [6.45, 7) is 4.63. The predicted molar refractivity (Wildman–Crippen MR) is 72.1 cm³/mol. The molecule has 2 heterocycles. The average Bonchev–Trinajstić information content (AvgIpc) is 2.81. The van der Waals surface area contributed by atoms with Crippen molar-refractivity contribution >= 4 is 18.0 Å². The van der Waals surface area contributed by atoms with E-state index < -0.39 is 5.54 Å². The van der Waals surface area contributed by atoms with Crippen LogP contribution >= 0.6 is 12.2 Å². The lowest BCUT2D eigenvalue weighted by Crippen LogP contribution is -2.35. The van der Waals surface area contributed by atoms with Crippen LogP contribution in [0, 0.1) is 4.64 Å². The fourth-order valence-corrected chi connectivity index (χ4v) is 2.11. The summed E-state index contributed by atoms with van der Waals surface area (Å²) >= 11 is 5.16. The maximum Gasteiger partial charge on any atom is 0.138 e. The molecular formula is C12H19N3O2S. The summed E-state index contributed by atoms with van der Waals surface area (Å²) in [5.74, 6) is 1.52. The van der Waals surface area contributed by atoms with Crippen LogP contribution in [0.4, 0.5) is 5.82 Å². The Labute approximate surface area is 112 Å². The Morgan fingerprint density at radius 1 is 1.67 bits per heavy atom. The number of hydrogen-bond donors (Lipinski definition) is 3. The maximum absolute atomic E-state index is 9.26. The van der Waals surface area contributed by atoms with Gasteiger partial charge < -0.3 is 20.1 Å². The number of nitrogens with one attached hydrogen (secondary N) is 2. The second-order valence-corrected chi connectivity index (χ2v) is 5.61. The molecule has 1 fully saturated rings. The fraction of sp³-hybridized carbons (Fsp3) is 0.667. The molecule has 1 aromatic heterocycles. The first-order valence-electron chi connectivity index (χ1n) is 6.12. The number of aromatic amines is 1. The highest BCUT2D eigenvalue weighted by Crippen LogP contribution is 2.26. The van der Waals surface area contributed by atoms with E-state index >= 15 is 0 Å². The van der Waals surface area contributed by atoms with Crippen LogP contribution in [0.5, 0.6) is 0 Å². The van der Waals surface area contributed by atoms with E-state index in [1.54, 1.807) is 6.07 Å².